The van der Waals surface area contributed by atoms with Crippen LogP contribution >= 0.6 is 0 Å². The standard InChI is InChI=1S/C13H18N2O3S/c1-3-14-12-8-9-15(13(12)16)10-4-6-11(7-5-10)19(2,17)18/h4-7,12,14H,3,8-9H2,1-2H3. The van der Waals surface area contributed by atoms with E-state index in [1.807, 2.05) is 6.92 Å². The molecule has 1 aromatic carbocycles. The molecule has 0 spiro atoms. The third-order valence-corrected chi connectivity index (χ3v) is 4.36. The summed E-state index contributed by atoms with van der Waals surface area (Å²) in [4.78, 5) is 14.1. The van der Waals surface area contributed by atoms with E-state index in [4.69, 9.17) is 0 Å². The molecular formula is C13H18N2O3S. The van der Waals surface area contributed by atoms with Crippen molar-refractivity contribution >= 4 is 21.4 Å². The average molecular weight is 282 g/mol. The van der Waals surface area contributed by atoms with Crippen LogP contribution in [0.1, 0.15) is 13.3 Å². The zero-order valence-corrected chi connectivity index (χ0v) is 11.9. The van der Waals surface area contributed by atoms with Crippen LogP contribution in [0, 0.1) is 0 Å². The second-order valence-corrected chi connectivity index (χ2v) is 6.67. The Hall–Kier alpha value is -1.40. The van der Waals surface area contributed by atoms with Gasteiger partial charge in [0, 0.05) is 18.5 Å². The lowest BCUT2D eigenvalue weighted by Gasteiger charge is -2.17. The SMILES string of the molecule is CCNC1CCN(c2ccc(S(C)(=O)=O)cc2)C1=O. The lowest BCUT2D eigenvalue weighted by molar-refractivity contribution is -0.118. The molecule has 104 valence electrons. The van der Waals surface area contributed by atoms with Gasteiger partial charge in [0.05, 0.1) is 10.9 Å². The van der Waals surface area contributed by atoms with Crippen LogP contribution in [0.4, 0.5) is 5.69 Å². The van der Waals surface area contributed by atoms with Gasteiger partial charge in [-0.05, 0) is 37.2 Å². The molecule has 0 saturated carbocycles. The highest BCUT2D eigenvalue weighted by atomic mass is 32.2. The molecule has 1 atom stereocenters. The minimum atomic E-state index is -3.19. The molecule has 1 unspecified atom stereocenters. The number of carbonyl (C=O) groups is 1. The van der Waals surface area contributed by atoms with Crippen molar-refractivity contribution in [3.63, 3.8) is 0 Å². The molecule has 5 nitrogen and oxygen atoms in total. The molecule has 0 bridgehead atoms. The van der Waals surface area contributed by atoms with Crippen molar-refractivity contribution in [2.75, 3.05) is 24.2 Å². The van der Waals surface area contributed by atoms with E-state index in [0.29, 0.717) is 6.54 Å². The van der Waals surface area contributed by atoms with Gasteiger partial charge in [-0.15, -0.1) is 0 Å². The molecule has 2 rings (SSSR count). The quantitative estimate of drug-likeness (QED) is 0.887. The van der Waals surface area contributed by atoms with Gasteiger partial charge in [0.25, 0.3) is 0 Å². The molecule has 0 radical (unpaired) electrons. The van der Waals surface area contributed by atoms with Crippen LogP contribution in [0.15, 0.2) is 29.2 Å². The normalized spacial score (nSPS) is 20.0. The summed E-state index contributed by atoms with van der Waals surface area (Å²) in [6.45, 7) is 3.39. The van der Waals surface area contributed by atoms with Gasteiger partial charge in [0.15, 0.2) is 9.84 Å². The molecule has 0 aromatic heterocycles. The molecular weight excluding hydrogens is 264 g/mol. The van der Waals surface area contributed by atoms with Gasteiger partial charge in [-0.2, -0.15) is 0 Å². The van der Waals surface area contributed by atoms with E-state index < -0.39 is 9.84 Å². The zero-order valence-electron chi connectivity index (χ0n) is 11.1. The summed E-state index contributed by atoms with van der Waals surface area (Å²) in [5.74, 6) is 0.0500. The predicted molar refractivity (Wildman–Crippen MR) is 74.0 cm³/mol. The predicted octanol–water partition coefficient (Wildman–Crippen LogP) is 0.805. The molecule has 0 aliphatic carbocycles. The Morgan fingerprint density at radius 1 is 1.32 bits per heavy atom. The maximum Gasteiger partial charge on any atom is 0.244 e. The maximum absolute atomic E-state index is 12.1. The van der Waals surface area contributed by atoms with E-state index in [1.54, 1.807) is 29.2 Å². The lowest BCUT2D eigenvalue weighted by Crippen LogP contribution is -2.38. The number of hydrogen-bond donors (Lipinski definition) is 1. The second-order valence-electron chi connectivity index (χ2n) is 4.65. The van der Waals surface area contributed by atoms with Crippen LogP contribution in [0.3, 0.4) is 0 Å². The Balaban J connectivity index is 2.18. The van der Waals surface area contributed by atoms with E-state index in [9.17, 15) is 13.2 Å². The van der Waals surface area contributed by atoms with Gasteiger partial charge < -0.3 is 10.2 Å². The maximum atomic E-state index is 12.1. The average Bonchev–Trinajstić information content (AvgIpc) is 2.71. The topological polar surface area (TPSA) is 66.5 Å². The number of nitrogens with one attached hydrogen (secondary N) is 1. The van der Waals surface area contributed by atoms with Gasteiger partial charge in [0.2, 0.25) is 5.91 Å². The van der Waals surface area contributed by atoms with E-state index in [2.05, 4.69) is 5.32 Å². The summed E-state index contributed by atoms with van der Waals surface area (Å²) in [7, 11) is -3.19. The van der Waals surface area contributed by atoms with Crippen molar-refractivity contribution < 1.29 is 13.2 Å². The van der Waals surface area contributed by atoms with E-state index >= 15 is 0 Å². The van der Waals surface area contributed by atoms with E-state index in [0.717, 1.165) is 18.7 Å². The van der Waals surface area contributed by atoms with Gasteiger partial charge >= 0.3 is 0 Å². The number of carbonyl (C=O) groups excluding carboxylic acids is 1. The number of nitrogens with zero attached hydrogens (tertiary/aromatic N) is 1. The Bertz CT molecular complexity index is 566. The van der Waals surface area contributed by atoms with Crippen LogP contribution in [-0.2, 0) is 14.6 Å². The van der Waals surface area contributed by atoms with Crippen LogP contribution in [0.25, 0.3) is 0 Å². The molecule has 1 fully saturated rings. The van der Waals surface area contributed by atoms with Crippen LogP contribution in [0.5, 0.6) is 0 Å². The first-order valence-corrected chi connectivity index (χ1v) is 8.17. The summed E-state index contributed by atoms with van der Waals surface area (Å²) < 4.78 is 22.8. The lowest BCUT2D eigenvalue weighted by atomic mass is 10.2. The second kappa shape index (κ2) is 5.30. The number of amides is 1. The Morgan fingerprint density at radius 3 is 2.47 bits per heavy atom. The van der Waals surface area contributed by atoms with Gasteiger partial charge in [-0.25, -0.2) is 8.42 Å². The summed E-state index contributed by atoms with van der Waals surface area (Å²) in [6, 6.07) is 6.32. The number of likely N-dealkylation sites (N-methyl/N-ethyl adjacent to an activating group) is 1. The Kier molecular flexibility index (Phi) is 3.91. The van der Waals surface area contributed by atoms with Crippen LogP contribution in [-0.4, -0.2) is 39.7 Å². The summed E-state index contributed by atoms with van der Waals surface area (Å²) in [6.07, 6.45) is 1.95. The molecule has 1 aliphatic heterocycles. The van der Waals surface area contributed by atoms with E-state index in [1.165, 1.54) is 6.26 Å². The molecule has 1 aromatic rings. The molecule has 1 heterocycles. The highest BCUT2D eigenvalue weighted by Gasteiger charge is 2.31. The first-order valence-electron chi connectivity index (χ1n) is 6.28. The van der Waals surface area contributed by atoms with Gasteiger partial charge in [-0.3, -0.25) is 4.79 Å². The first kappa shape index (κ1) is 14.0. The molecule has 1 aliphatic rings. The fourth-order valence-electron chi connectivity index (χ4n) is 2.25. The molecule has 1 N–H and O–H groups in total. The summed E-state index contributed by atoms with van der Waals surface area (Å²) in [5, 5.41) is 3.14. The van der Waals surface area contributed by atoms with E-state index in [-0.39, 0.29) is 16.8 Å². The summed E-state index contributed by atoms with van der Waals surface area (Å²) >= 11 is 0. The van der Waals surface area contributed by atoms with Crippen molar-refractivity contribution in [3.8, 4) is 0 Å². The number of benzene rings is 1. The Morgan fingerprint density at radius 2 is 1.95 bits per heavy atom. The van der Waals surface area contributed by atoms with Crippen molar-refractivity contribution in [3.05, 3.63) is 24.3 Å². The van der Waals surface area contributed by atoms with Crippen molar-refractivity contribution in [2.24, 2.45) is 0 Å². The number of sulfone groups is 1. The minimum absolute atomic E-state index is 0.0500. The smallest absolute Gasteiger partial charge is 0.244 e. The molecule has 6 heteroatoms. The highest BCUT2D eigenvalue weighted by molar-refractivity contribution is 7.90. The number of anilines is 1. The minimum Gasteiger partial charge on any atom is -0.311 e. The van der Waals surface area contributed by atoms with Crippen molar-refractivity contribution in [1.29, 1.82) is 0 Å². The largest absolute Gasteiger partial charge is 0.311 e. The fourth-order valence-corrected chi connectivity index (χ4v) is 2.88. The van der Waals surface area contributed by atoms with Gasteiger partial charge in [-0.1, -0.05) is 6.92 Å². The highest BCUT2D eigenvalue weighted by Crippen LogP contribution is 2.23. The fraction of sp³-hybridized carbons (Fsp3) is 0.462. The monoisotopic (exact) mass is 282 g/mol. The number of rotatable bonds is 4. The van der Waals surface area contributed by atoms with Crippen LogP contribution < -0.4 is 10.2 Å². The third kappa shape index (κ3) is 2.96. The van der Waals surface area contributed by atoms with Crippen LogP contribution in [0.2, 0.25) is 0 Å². The first-order chi connectivity index (χ1) is 8.93. The molecule has 1 amide bonds. The van der Waals surface area contributed by atoms with Crippen molar-refractivity contribution in [1.82, 2.24) is 5.32 Å². The van der Waals surface area contributed by atoms with Crippen molar-refractivity contribution in [2.45, 2.75) is 24.3 Å². The number of hydrogen-bond acceptors (Lipinski definition) is 4. The summed E-state index contributed by atoms with van der Waals surface area (Å²) in [5.41, 5.74) is 0.748. The van der Waals surface area contributed by atoms with Gasteiger partial charge in [0.1, 0.15) is 0 Å². The molecule has 19 heavy (non-hydrogen) atoms. The Labute approximate surface area is 113 Å². The third-order valence-electron chi connectivity index (χ3n) is 3.23. The zero-order chi connectivity index (χ0) is 14.0. The molecule has 1 saturated heterocycles.